The van der Waals surface area contributed by atoms with Gasteiger partial charge in [0.1, 0.15) is 0 Å². The summed E-state index contributed by atoms with van der Waals surface area (Å²) in [7, 11) is 1.39. The lowest BCUT2D eigenvalue weighted by atomic mass is 10.0. The third-order valence-electron chi connectivity index (χ3n) is 3.48. The molecular weight excluding hydrogens is 322 g/mol. The summed E-state index contributed by atoms with van der Waals surface area (Å²) in [5, 5.41) is 3.45. The Hall–Kier alpha value is -0.910. The number of carbonyl (C=O) groups is 1. The fraction of sp³-hybridized carbons (Fsp3) is 0.533. The van der Waals surface area contributed by atoms with Crippen LogP contribution in [-0.4, -0.2) is 32.8 Å². The summed E-state index contributed by atoms with van der Waals surface area (Å²) >= 11 is 3.50. The van der Waals surface area contributed by atoms with Crippen LogP contribution in [0, 0.1) is 5.92 Å². The molecule has 1 aromatic rings. The predicted molar refractivity (Wildman–Crippen MR) is 80.7 cm³/mol. The molecule has 0 spiro atoms. The first-order chi connectivity index (χ1) is 9.70. The third-order valence-corrected chi connectivity index (χ3v) is 4.22. The minimum absolute atomic E-state index is 0.315. The molecule has 20 heavy (non-hydrogen) atoms. The number of halogens is 1. The van der Waals surface area contributed by atoms with Crippen LogP contribution in [0.5, 0.6) is 0 Å². The molecule has 1 atom stereocenters. The van der Waals surface area contributed by atoms with Crippen LogP contribution in [0.3, 0.4) is 0 Å². The van der Waals surface area contributed by atoms with E-state index in [2.05, 4.69) is 21.2 Å². The fourth-order valence-corrected chi connectivity index (χ4v) is 2.83. The molecule has 0 bridgehead atoms. The zero-order valence-electron chi connectivity index (χ0n) is 11.7. The number of nitrogens with one attached hydrogen (secondary N) is 1. The van der Waals surface area contributed by atoms with Crippen LogP contribution in [0.1, 0.15) is 28.8 Å². The number of esters is 1. The highest BCUT2D eigenvalue weighted by molar-refractivity contribution is 9.10. The Morgan fingerprint density at radius 1 is 1.55 bits per heavy atom. The maximum Gasteiger partial charge on any atom is 0.337 e. The predicted octanol–water partition coefficient (Wildman–Crippen LogP) is 2.75. The Morgan fingerprint density at radius 3 is 3.05 bits per heavy atom. The molecule has 110 valence electrons. The van der Waals surface area contributed by atoms with Gasteiger partial charge in [0.2, 0.25) is 0 Å². The largest absolute Gasteiger partial charge is 0.465 e. The lowest BCUT2D eigenvalue weighted by Gasteiger charge is -2.22. The van der Waals surface area contributed by atoms with Crippen LogP contribution in [0.15, 0.2) is 22.7 Å². The van der Waals surface area contributed by atoms with Crippen molar-refractivity contribution in [1.82, 2.24) is 5.32 Å². The maximum absolute atomic E-state index is 11.4. The lowest BCUT2D eigenvalue weighted by molar-refractivity contribution is 0.0547. The second-order valence-electron chi connectivity index (χ2n) is 5.01. The smallest absolute Gasteiger partial charge is 0.337 e. The van der Waals surface area contributed by atoms with E-state index in [9.17, 15) is 4.79 Å². The number of methoxy groups -OCH3 is 1. The summed E-state index contributed by atoms with van der Waals surface area (Å²) in [4.78, 5) is 11.4. The van der Waals surface area contributed by atoms with E-state index in [0.29, 0.717) is 11.5 Å². The van der Waals surface area contributed by atoms with Gasteiger partial charge in [-0.1, -0.05) is 22.0 Å². The molecule has 1 heterocycles. The minimum Gasteiger partial charge on any atom is -0.465 e. The van der Waals surface area contributed by atoms with Gasteiger partial charge in [-0.05, 0) is 36.5 Å². The SMILES string of the molecule is COC(=O)c1ccc(CNCC2CCCOC2)c(Br)c1. The van der Waals surface area contributed by atoms with Gasteiger partial charge in [-0.2, -0.15) is 0 Å². The fourth-order valence-electron chi connectivity index (χ4n) is 2.31. The van der Waals surface area contributed by atoms with Gasteiger partial charge in [0.15, 0.2) is 0 Å². The number of carbonyl (C=O) groups excluding carboxylic acids is 1. The second-order valence-corrected chi connectivity index (χ2v) is 5.87. The first-order valence-corrected chi connectivity index (χ1v) is 7.65. The van der Waals surface area contributed by atoms with Crippen LogP contribution in [-0.2, 0) is 16.0 Å². The van der Waals surface area contributed by atoms with E-state index < -0.39 is 0 Å². The van der Waals surface area contributed by atoms with Crippen molar-refractivity contribution >= 4 is 21.9 Å². The van der Waals surface area contributed by atoms with Crippen molar-refractivity contribution in [3.05, 3.63) is 33.8 Å². The summed E-state index contributed by atoms with van der Waals surface area (Å²) in [6.07, 6.45) is 2.39. The molecular formula is C15H20BrNO3. The Morgan fingerprint density at radius 2 is 2.40 bits per heavy atom. The molecule has 1 saturated heterocycles. The monoisotopic (exact) mass is 341 g/mol. The molecule has 4 nitrogen and oxygen atoms in total. The third kappa shape index (κ3) is 4.30. The first kappa shape index (κ1) is 15.5. The van der Waals surface area contributed by atoms with E-state index in [1.165, 1.54) is 13.5 Å². The summed E-state index contributed by atoms with van der Waals surface area (Å²) in [5.74, 6) is 0.293. The number of rotatable bonds is 5. The molecule has 5 heteroatoms. The topological polar surface area (TPSA) is 47.6 Å². The first-order valence-electron chi connectivity index (χ1n) is 6.86. The molecule has 2 rings (SSSR count). The highest BCUT2D eigenvalue weighted by Crippen LogP contribution is 2.19. The van der Waals surface area contributed by atoms with E-state index >= 15 is 0 Å². The molecule has 1 aromatic carbocycles. The molecule has 0 radical (unpaired) electrons. The molecule has 1 fully saturated rings. The number of hydrogen-bond acceptors (Lipinski definition) is 4. The van der Waals surface area contributed by atoms with Gasteiger partial charge in [-0.25, -0.2) is 4.79 Å². The normalized spacial score (nSPS) is 18.8. The average molecular weight is 342 g/mol. The highest BCUT2D eigenvalue weighted by Gasteiger charge is 2.13. The zero-order chi connectivity index (χ0) is 14.4. The molecule has 1 aliphatic rings. The van der Waals surface area contributed by atoms with Crippen molar-refractivity contribution in [3.8, 4) is 0 Å². The second kappa shape index (κ2) is 7.76. The van der Waals surface area contributed by atoms with E-state index in [1.807, 2.05) is 6.07 Å². The van der Waals surface area contributed by atoms with Crippen molar-refractivity contribution in [2.24, 2.45) is 5.92 Å². The summed E-state index contributed by atoms with van der Waals surface area (Å²) in [6.45, 7) is 3.50. The van der Waals surface area contributed by atoms with Crippen LogP contribution >= 0.6 is 15.9 Å². The van der Waals surface area contributed by atoms with Crippen molar-refractivity contribution in [2.45, 2.75) is 19.4 Å². The van der Waals surface area contributed by atoms with Gasteiger partial charge in [0.25, 0.3) is 0 Å². The van der Waals surface area contributed by atoms with Crippen LogP contribution in [0.4, 0.5) is 0 Å². The highest BCUT2D eigenvalue weighted by atomic mass is 79.9. The summed E-state index contributed by atoms with van der Waals surface area (Å²) in [5.41, 5.74) is 1.69. The number of benzene rings is 1. The van der Waals surface area contributed by atoms with Gasteiger partial charge in [0.05, 0.1) is 19.3 Å². The van der Waals surface area contributed by atoms with Crippen molar-refractivity contribution in [1.29, 1.82) is 0 Å². The van der Waals surface area contributed by atoms with Crippen LogP contribution < -0.4 is 5.32 Å². The maximum atomic E-state index is 11.4. The average Bonchev–Trinajstić information content (AvgIpc) is 2.49. The molecule has 0 aromatic heterocycles. The van der Waals surface area contributed by atoms with E-state index in [4.69, 9.17) is 9.47 Å². The number of ether oxygens (including phenoxy) is 2. The Bertz CT molecular complexity index is 458. The van der Waals surface area contributed by atoms with Crippen LogP contribution in [0.25, 0.3) is 0 Å². The van der Waals surface area contributed by atoms with E-state index in [-0.39, 0.29) is 5.97 Å². The van der Waals surface area contributed by atoms with Gasteiger partial charge in [-0.3, -0.25) is 0 Å². The van der Waals surface area contributed by atoms with E-state index in [1.54, 1.807) is 12.1 Å². The van der Waals surface area contributed by atoms with Crippen molar-refractivity contribution < 1.29 is 14.3 Å². The van der Waals surface area contributed by atoms with Crippen molar-refractivity contribution in [2.75, 3.05) is 26.9 Å². The molecule has 0 amide bonds. The quantitative estimate of drug-likeness (QED) is 0.836. The number of hydrogen-bond donors (Lipinski definition) is 1. The van der Waals surface area contributed by atoms with Gasteiger partial charge >= 0.3 is 5.97 Å². The molecule has 1 aliphatic heterocycles. The van der Waals surface area contributed by atoms with Crippen molar-refractivity contribution in [3.63, 3.8) is 0 Å². The molecule has 0 aliphatic carbocycles. The van der Waals surface area contributed by atoms with Gasteiger partial charge < -0.3 is 14.8 Å². The van der Waals surface area contributed by atoms with Gasteiger partial charge in [0, 0.05) is 24.2 Å². The Balaban J connectivity index is 1.84. The van der Waals surface area contributed by atoms with Gasteiger partial charge in [-0.15, -0.1) is 0 Å². The standard InChI is InChI=1S/C15H20BrNO3/c1-19-15(18)12-4-5-13(14(16)7-12)9-17-8-11-3-2-6-20-10-11/h4-5,7,11,17H,2-3,6,8-10H2,1H3. The van der Waals surface area contributed by atoms with E-state index in [0.717, 1.165) is 42.8 Å². The summed E-state index contributed by atoms with van der Waals surface area (Å²) < 4.78 is 11.1. The molecule has 1 unspecified atom stereocenters. The molecule has 0 saturated carbocycles. The molecule has 1 N–H and O–H groups in total. The van der Waals surface area contributed by atoms with Crippen LogP contribution in [0.2, 0.25) is 0 Å². The lowest BCUT2D eigenvalue weighted by Crippen LogP contribution is -2.29. The Kier molecular flexibility index (Phi) is 6.01. The minimum atomic E-state index is -0.315. The zero-order valence-corrected chi connectivity index (χ0v) is 13.2. The Labute approximate surface area is 128 Å². The summed E-state index contributed by atoms with van der Waals surface area (Å²) in [6, 6.07) is 5.53.